The molecule has 1 heterocycles. The van der Waals surface area contributed by atoms with Crippen LogP contribution in [-0.4, -0.2) is 56.8 Å². The van der Waals surface area contributed by atoms with E-state index in [9.17, 15) is 8.42 Å². The van der Waals surface area contributed by atoms with Gasteiger partial charge in [0.05, 0.1) is 30.4 Å². The second-order valence-corrected chi connectivity index (χ2v) is 8.21. The fourth-order valence-corrected chi connectivity index (χ4v) is 4.19. The van der Waals surface area contributed by atoms with Crippen LogP contribution in [0.1, 0.15) is 20.8 Å². The first-order chi connectivity index (χ1) is 11.8. The summed E-state index contributed by atoms with van der Waals surface area (Å²) in [6, 6.07) is 4.93. The lowest BCUT2D eigenvalue weighted by molar-refractivity contribution is 0.0730. The number of anilines is 1. The van der Waals surface area contributed by atoms with E-state index in [-0.39, 0.29) is 10.9 Å². The largest absolute Gasteiger partial charge is 0.492 e. The lowest BCUT2D eigenvalue weighted by Gasteiger charge is -2.26. The smallest absolute Gasteiger partial charge is 0.243 e. The number of nitrogens with zero attached hydrogens (tertiary/aromatic N) is 1. The average molecular weight is 388 g/mol. The Morgan fingerprint density at radius 3 is 2.64 bits per heavy atom. The lowest BCUT2D eigenvalue weighted by atomic mass is 10.3. The fourth-order valence-electron chi connectivity index (χ4n) is 2.41. The van der Waals surface area contributed by atoms with Gasteiger partial charge in [0.25, 0.3) is 0 Å². The van der Waals surface area contributed by atoms with Crippen molar-refractivity contribution in [3.05, 3.63) is 18.2 Å². The third-order valence-electron chi connectivity index (χ3n) is 3.53. The molecule has 1 fully saturated rings. The zero-order valence-electron chi connectivity index (χ0n) is 14.7. The zero-order valence-corrected chi connectivity index (χ0v) is 16.4. The lowest BCUT2D eigenvalue weighted by Crippen LogP contribution is -2.40. The van der Waals surface area contributed by atoms with Crippen LogP contribution in [-0.2, 0) is 14.8 Å². The maximum Gasteiger partial charge on any atom is 0.243 e. The van der Waals surface area contributed by atoms with Crippen LogP contribution in [0.15, 0.2) is 23.1 Å². The van der Waals surface area contributed by atoms with E-state index in [0.717, 1.165) is 0 Å². The third-order valence-corrected chi connectivity index (χ3v) is 5.64. The zero-order chi connectivity index (χ0) is 18.4. The van der Waals surface area contributed by atoms with Gasteiger partial charge in [0.1, 0.15) is 5.75 Å². The number of morpholine rings is 1. The highest BCUT2D eigenvalue weighted by Crippen LogP contribution is 2.29. The van der Waals surface area contributed by atoms with Crippen molar-refractivity contribution in [3.8, 4) is 5.75 Å². The van der Waals surface area contributed by atoms with Gasteiger partial charge in [-0.1, -0.05) is 0 Å². The van der Waals surface area contributed by atoms with Gasteiger partial charge in [-0.3, -0.25) is 0 Å². The second-order valence-electron chi connectivity index (χ2n) is 5.86. The summed E-state index contributed by atoms with van der Waals surface area (Å²) in [5.74, 6) is 0.552. The van der Waals surface area contributed by atoms with Crippen LogP contribution >= 0.6 is 12.2 Å². The van der Waals surface area contributed by atoms with Crippen molar-refractivity contribution >= 4 is 33.0 Å². The number of thiocarbonyl (C=S) groups is 1. The summed E-state index contributed by atoms with van der Waals surface area (Å²) in [7, 11) is -3.58. The van der Waals surface area contributed by atoms with Gasteiger partial charge < -0.3 is 20.1 Å². The van der Waals surface area contributed by atoms with Crippen molar-refractivity contribution < 1.29 is 17.9 Å². The highest BCUT2D eigenvalue weighted by molar-refractivity contribution is 7.89. The first kappa shape index (κ1) is 19.9. The highest BCUT2D eigenvalue weighted by Gasteiger charge is 2.27. The molecule has 1 aromatic carbocycles. The molecule has 0 radical (unpaired) electrons. The second kappa shape index (κ2) is 8.79. The molecule has 2 rings (SSSR count). The molecular formula is C16H25N3O4S2. The van der Waals surface area contributed by atoms with E-state index in [0.29, 0.717) is 49.5 Å². The molecule has 0 amide bonds. The van der Waals surface area contributed by atoms with E-state index in [1.54, 1.807) is 18.2 Å². The SMILES string of the molecule is CCOc1ccc(S(=O)(=O)N2CCOCC2)cc1NC(=S)NC(C)C. The summed E-state index contributed by atoms with van der Waals surface area (Å²) in [6.45, 7) is 7.79. The van der Waals surface area contributed by atoms with E-state index < -0.39 is 10.0 Å². The van der Waals surface area contributed by atoms with Gasteiger partial charge in [0.15, 0.2) is 5.11 Å². The van der Waals surface area contributed by atoms with Crippen LogP contribution in [0.25, 0.3) is 0 Å². The average Bonchev–Trinajstić information content (AvgIpc) is 2.56. The minimum atomic E-state index is -3.58. The standard InChI is InChI=1S/C16H25N3O4S2/c1-4-23-15-6-5-13(11-14(15)18-16(24)17-12(2)3)25(20,21)19-7-9-22-10-8-19/h5-6,11-12H,4,7-10H2,1-3H3,(H2,17,18,24). The molecule has 1 saturated heterocycles. The van der Waals surface area contributed by atoms with Gasteiger partial charge in [0.2, 0.25) is 10.0 Å². The molecule has 1 aliphatic heterocycles. The van der Waals surface area contributed by atoms with E-state index in [2.05, 4.69) is 10.6 Å². The van der Waals surface area contributed by atoms with Crippen molar-refractivity contribution in [2.24, 2.45) is 0 Å². The van der Waals surface area contributed by atoms with Crippen molar-refractivity contribution in [1.29, 1.82) is 0 Å². The Morgan fingerprint density at radius 2 is 2.04 bits per heavy atom. The molecule has 0 spiro atoms. The minimum absolute atomic E-state index is 0.163. The monoisotopic (exact) mass is 387 g/mol. The maximum atomic E-state index is 12.8. The van der Waals surface area contributed by atoms with E-state index in [1.165, 1.54) is 4.31 Å². The molecule has 0 saturated carbocycles. The van der Waals surface area contributed by atoms with E-state index >= 15 is 0 Å². The predicted octanol–water partition coefficient (Wildman–Crippen LogP) is 1.80. The normalized spacial score (nSPS) is 15.8. The molecule has 2 N–H and O–H groups in total. The predicted molar refractivity (Wildman–Crippen MR) is 102 cm³/mol. The van der Waals surface area contributed by atoms with Crippen molar-refractivity contribution in [1.82, 2.24) is 9.62 Å². The number of nitrogens with one attached hydrogen (secondary N) is 2. The number of ether oxygens (including phenoxy) is 2. The minimum Gasteiger partial charge on any atom is -0.492 e. The molecule has 0 bridgehead atoms. The molecule has 0 atom stereocenters. The molecule has 7 nitrogen and oxygen atoms in total. The topological polar surface area (TPSA) is 79.9 Å². The van der Waals surface area contributed by atoms with Crippen molar-refractivity contribution in [3.63, 3.8) is 0 Å². The molecule has 25 heavy (non-hydrogen) atoms. The Hall–Kier alpha value is -1.42. The number of sulfonamides is 1. The summed E-state index contributed by atoms with van der Waals surface area (Å²) >= 11 is 5.26. The highest BCUT2D eigenvalue weighted by atomic mass is 32.2. The van der Waals surface area contributed by atoms with Crippen LogP contribution in [0, 0.1) is 0 Å². The van der Waals surface area contributed by atoms with Crippen LogP contribution in [0.3, 0.4) is 0 Å². The Labute approximate surface area is 154 Å². The van der Waals surface area contributed by atoms with Gasteiger partial charge in [0, 0.05) is 19.1 Å². The van der Waals surface area contributed by atoms with E-state index in [1.807, 2.05) is 20.8 Å². The molecule has 0 aromatic heterocycles. The number of benzene rings is 1. The molecule has 140 valence electrons. The molecule has 9 heteroatoms. The molecule has 1 aromatic rings. The summed E-state index contributed by atoms with van der Waals surface area (Å²) < 4.78 is 37.9. The van der Waals surface area contributed by atoms with Gasteiger partial charge in [-0.2, -0.15) is 4.31 Å². The third kappa shape index (κ3) is 5.27. The van der Waals surface area contributed by atoms with Gasteiger partial charge >= 0.3 is 0 Å². The maximum absolute atomic E-state index is 12.8. The molecule has 0 aliphatic carbocycles. The van der Waals surface area contributed by atoms with Crippen LogP contribution in [0.2, 0.25) is 0 Å². The summed E-state index contributed by atoms with van der Waals surface area (Å²) in [5, 5.41) is 6.51. The fraction of sp³-hybridized carbons (Fsp3) is 0.562. The summed E-state index contributed by atoms with van der Waals surface area (Å²) in [4.78, 5) is 0.202. The van der Waals surface area contributed by atoms with Crippen LogP contribution in [0.4, 0.5) is 5.69 Å². The van der Waals surface area contributed by atoms with Crippen LogP contribution < -0.4 is 15.4 Å². The molecule has 0 unspecified atom stereocenters. The van der Waals surface area contributed by atoms with Crippen molar-refractivity contribution in [2.45, 2.75) is 31.7 Å². The Balaban J connectivity index is 2.30. The van der Waals surface area contributed by atoms with Gasteiger partial charge in [-0.15, -0.1) is 0 Å². The Kier molecular flexibility index (Phi) is 7.00. The number of hydrogen-bond donors (Lipinski definition) is 2. The summed E-state index contributed by atoms with van der Waals surface area (Å²) in [6.07, 6.45) is 0. The van der Waals surface area contributed by atoms with Crippen LogP contribution in [0.5, 0.6) is 5.75 Å². The first-order valence-corrected chi connectivity index (χ1v) is 10.1. The van der Waals surface area contributed by atoms with Gasteiger partial charge in [-0.25, -0.2) is 8.42 Å². The molecular weight excluding hydrogens is 362 g/mol. The van der Waals surface area contributed by atoms with E-state index in [4.69, 9.17) is 21.7 Å². The summed E-state index contributed by atoms with van der Waals surface area (Å²) in [5.41, 5.74) is 0.523. The quantitative estimate of drug-likeness (QED) is 0.721. The number of rotatable bonds is 6. The van der Waals surface area contributed by atoms with Crippen molar-refractivity contribution in [2.75, 3.05) is 38.2 Å². The first-order valence-electron chi connectivity index (χ1n) is 8.27. The van der Waals surface area contributed by atoms with Gasteiger partial charge in [-0.05, 0) is 51.2 Å². The Morgan fingerprint density at radius 1 is 1.36 bits per heavy atom. The number of hydrogen-bond acceptors (Lipinski definition) is 5. The molecule has 1 aliphatic rings. The Bertz CT molecular complexity index is 701.